The number of amides is 1. The van der Waals surface area contributed by atoms with Crippen LogP contribution < -0.4 is 5.32 Å². The lowest BCUT2D eigenvalue weighted by Gasteiger charge is -2.21. The van der Waals surface area contributed by atoms with E-state index in [2.05, 4.69) is 5.32 Å². The average molecular weight is 338 g/mol. The summed E-state index contributed by atoms with van der Waals surface area (Å²) in [4.78, 5) is 11.8. The van der Waals surface area contributed by atoms with E-state index in [0.29, 0.717) is 18.7 Å². The van der Waals surface area contributed by atoms with Gasteiger partial charge in [0.25, 0.3) is 15.0 Å². The van der Waals surface area contributed by atoms with E-state index in [4.69, 9.17) is 27.0 Å². The van der Waals surface area contributed by atoms with Gasteiger partial charge in [0.15, 0.2) is 0 Å². The van der Waals surface area contributed by atoms with Crippen molar-refractivity contribution in [3.05, 3.63) is 23.2 Å². The zero-order chi connectivity index (χ0) is 14.8. The van der Waals surface area contributed by atoms with Crippen LogP contribution in [0.15, 0.2) is 23.1 Å². The van der Waals surface area contributed by atoms with Crippen molar-refractivity contribution in [2.45, 2.75) is 30.3 Å². The number of halogens is 2. The van der Waals surface area contributed by atoms with Gasteiger partial charge in [-0.3, -0.25) is 4.79 Å². The van der Waals surface area contributed by atoms with Gasteiger partial charge in [-0.2, -0.15) is 0 Å². The lowest BCUT2D eigenvalue weighted by molar-refractivity contribution is -0.129. The Balaban J connectivity index is 2.11. The van der Waals surface area contributed by atoms with Gasteiger partial charge in [-0.15, -0.1) is 0 Å². The van der Waals surface area contributed by atoms with Crippen LogP contribution in [0.4, 0.5) is 5.69 Å². The van der Waals surface area contributed by atoms with Gasteiger partial charge in [0.1, 0.15) is 6.10 Å². The van der Waals surface area contributed by atoms with E-state index in [1.807, 2.05) is 0 Å². The van der Waals surface area contributed by atoms with E-state index in [1.54, 1.807) is 0 Å². The number of hydrogen-bond acceptors (Lipinski definition) is 4. The first-order valence-electron chi connectivity index (χ1n) is 6.04. The Morgan fingerprint density at radius 1 is 1.35 bits per heavy atom. The molecule has 1 N–H and O–H groups in total. The topological polar surface area (TPSA) is 72.5 Å². The van der Waals surface area contributed by atoms with Crippen molar-refractivity contribution in [1.82, 2.24) is 0 Å². The van der Waals surface area contributed by atoms with E-state index in [1.165, 1.54) is 18.2 Å². The summed E-state index contributed by atoms with van der Waals surface area (Å²) in [6, 6.07) is 3.88. The molecule has 5 nitrogen and oxygen atoms in total. The molecule has 0 saturated carbocycles. The molecule has 0 spiro atoms. The molecule has 110 valence electrons. The summed E-state index contributed by atoms with van der Waals surface area (Å²) < 4.78 is 27.7. The Hall–Kier alpha value is -0.820. The van der Waals surface area contributed by atoms with Gasteiger partial charge in [-0.05, 0) is 37.5 Å². The molecule has 1 fully saturated rings. The maximum Gasteiger partial charge on any atom is 0.261 e. The monoisotopic (exact) mass is 337 g/mol. The molecule has 1 aromatic rings. The maximum atomic E-state index is 12.0. The molecule has 0 aliphatic carbocycles. The van der Waals surface area contributed by atoms with Gasteiger partial charge in [0, 0.05) is 17.3 Å². The SMILES string of the molecule is O=C(Nc1ccc(S(=O)(=O)Cl)cc1Cl)C1CCCCO1. The van der Waals surface area contributed by atoms with E-state index < -0.39 is 15.2 Å². The molecule has 1 heterocycles. The number of ether oxygens (including phenoxy) is 1. The zero-order valence-electron chi connectivity index (χ0n) is 10.4. The fraction of sp³-hybridized carbons (Fsp3) is 0.417. The number of carbonyl (C=O) groups is 1. The Kier molecular flexibility index (Phi) is 4.90. The van der Waals surface area contributed by atoms with Gasteiger partial charge in [-0.25, -0.2) is 8.42 Å². The van der Waals surface area contributed by atoms with Crippen molar-refractivity contribution in [3.8, 4) is 0 Å². The summed E-state index contributed by atoms with van der Waals surface area (Å²) in [6.07, 6.45) is 2.07. The molecule has 2 rings (SSSR count). The van der Waals surface area contributed by atoms with Crippen molar-refractivity contribution in [2.75, 3.05) is 11.9 Å². The zero-order valence-corrected chi connectivity index (χ0v) is 12.8. The normalized spacial score (nSPS) is 19.6. The van der Waals surface area contributed by atoms with E-state index >= 15 is 0 Å². The van der Waals surface area contributed by atoms with Crippen LogP contribution in [0.5, 0.6) is 0 Å². The highest BCUT2D eigenvalue weighted by atomic mass is 35.7. The fourth-order valence-corrected chi connectivity index (χ4v) is 2.98. The van der Waals surface area contributed by atoms with Crippen LogP contribution in [0.2, 0.25) is 5.02 Å². The second-order valence-electron chi connectivity index (χ2n) is 4.42. The van der Waals surface area contributed by atoms with Gasteiger partial charge in [0.05, 0.1) is 15.6 Å². The molecule has 20 heavy (non-hydrogen) atoms. The Morgan fingerprint density at radius 3 is 2.65 bits per heavy atom. The lowest BCUT2D eigenvalue weighted by atomic mass is 10.1. The van der Waals surface area contributed by atoms with Crippen molar-refractivity contribution in [3.63, 3.8) is 0 Å². The summed E-state index contributed by atoms with van der Waals surface area (Å²) in [7, 11) is 1.38. The van der Waals surface area contributed by atoms with Crippen molar-refractivity contribution in [2.24, 2.45) is 0 Å². The third-order valence-electron chi connectivity index (χ3n) is 2.95. The van der Waals surface area contributed by atoms with Crippen molar-refractivity contribution < 1.29 is 17.9 Å². The summed E-state index contributed by atoms with van der Waals surface area (Å²) in [5.74, 6) is -0.284. The minimum atomic E-state index is -3.84. The molecule has 0 radical (unpaired) electrons. The van der Waals surface area contributed by atoms with Crippen molar-refractivity contribution >= 4 is 42.9 Å². The molecule has 8 heteroatoms. The van der Waals surface area contributed by atoms with Crippen LogP contribution in [0.1, 0.15) is 19.3 Å². The van der Waals surface area contributed by atoms with Crippen LogP contribution in [0.3, 0.4) is 0 Å². The molecule has 1 atom stereocenters. The van der Waals surface area contributed by atoms with Crippen LogP contribution in [0.25, 0.3) is 0 Å². The van der Waals surface area contributed by atoms with Gasteiger partial charge in [0.2, 0.25) is 0 Å². The molecule has 1 aliphatic rings. The number of rotatable bonds is 3. The smallest absolute Gasteiger partial charge is 0.261 e. The fourth-order valence-electron chi connectivity index (χ4n) is 1.91. The summed E-state index contributed by atoms with van der Waals surface area (Å²) in [5, 5.41) is 2.73. The predicted molar refractivity (Wildman–Crippen MR) is 76.7 cm³/mol. The Bertz CT molecular complexity index is 612. The van der Waals surface area contributed by atoms with E-state index in [0.717, 1.165) is 12.8 Å². The molecule has 1 aliphatic heterocycles. The highest BCUT2D eigenvalue weighted by Crippen LogP contribution is 2.27. The molecule has 0 bridgehead atoms. The second kappa shape index (κ2) is 6.30. The van der Waals surface area contributed by atoms with Crippen LogP contribution in [0, 0.1) is 0 Å². The first-order valence-corrected chi connectivity index (χ1v) is 8.73. The molecule has 1 amide bonds. The molecular formula is C12H13Cl2NO4S. The average Bonchev–Trinajstić information content (AvgIpc) is 2.41. The highest BCUT2D eigenvalue weighted by molar-refractivity contribution is 8.13. The number of benzene rings is 1. The number of anilines is 1. The molecule has 1 saturated heterocycles. The number of carbonyl (C=O) groups excluding carboxylic acids is 1. The minimum Gasteiger partial charge on any atom is -0.368 e. The van der Waals surface area contributed by atoms with Gasteiger partial charge >= 0.3 is 0 Å². The molecule has 1 unspecified atom stereocenters. The minimum absolute atomic E-state index is 0.107. The summed E-state index contributed by atoms with van der Waals surface area (Å²) in [5.41, 5.74) is 0.329. The third-order valence-corrected chi connectivity index (χ3v) is 4.62. The largest absolute Gasteiger partial charge is 0.368 e. The predicted octanol–water partition coefficient (Wildman–Crippen LogP) is 2.78. The first kappa shape index (κ1) is 15.6. The lowest BCUT2D eigenvalue weighted by Crippen LogP contribution is -2.33. The highest BCUT2D eigenvalue weighted by Gasteiger charge is 2.23. The Morgan fingerprint density at radius 2 is 2.10 bits per heavy atom. The van der Waals surface area contributed by atoms with Crippen LogP contribution >= 0.6 is 22.3 Å². The standard InChI is InChI=1S/C12H13Cl2NO4S/c13-9-7-8(20(14,17)18)4-5-10(9)15-12(16)11-3-1-2-6-19-11/h4-5,7,11H,1-3,6H2,(H,15,16). The molecular weight excluding hydrogens is 325 g/mol. The van der Waals surface area contributed by atoms with Crippen molar-refractivity contribution in [1.29, 1.82) is 0 Å². The van der Waals surface area contributed by atoms with Gasteiger partial charge in [-0.1, -0.05) is 11.6 Å². The molecule has 0 aromatic heterocycles. The first-order chi connectivity index (χ1) is 9.38. The Labute approximate surface area is 126 Å². The quantitative estimate of drug-likeness (QED) is 0.860. The number of nitrogens with one attached hydrogen (secondary N) is 1. The maximum absolute atomic E-state index is 12.0. The van der Waals surface area contributed by atoms with Crippen LogP contribution in [-0.2, 0) is 18.6 Å². The second-order valence-corrected chi connectivity index (χ2v) is 7.40. The molecule has 1 aromatic carbocycles. The van der Waals surface area contributed by atoms with Crippen LogP contribution in [-0.4, -0.2) is 27.0 Å². The van der Waals surface area contributed by atoms with E-state index in [9.17, 15) is 13.2 Å². The summed E-state index contributed by atoms with van der Waals surface area (Å²) in [6.45, 7) is 0.565. The van der Waals surface area contributed by atoms with Gasteiger partial charge < -0.3 is 10.1 Å². The van der Waals surface area contributed by atoms with E-state index in [-0.39, 0.29) is 15.8 Å². The third kappa shape index (κ3) is 3.85. The summed E-state index contributed by atoms with van der Waals surface area (Å²) >= 11 is 5.94. The number of hydrogen-bond donors (Lipinski definition) is 1.